The van der Waals surface area contributed by atoms with Crippen LogP contribution in [0, 0.1) is 12.8 Å². The van der Waals surface area contributed by atoms with E-state index in [1.165, 1.54) is 24.0 Å². The van der Waals surface area contributed by atoms with Crippen molar-refractivity contribution in [1.82, 2.24) is 0 Å². The molecule has 1 fully saturated rings. The zero-order valence-corrected chi connectivity index (χ0v) is 9.40. The number of aliphatic imine (C=N–C) groups is 1. The highest BCUT2D eigenvalue weighted by Gasteiger charge is 2.25. The summed E-state index contributed by atoms with van der Waals surface area (Å²) in [6.45, 7) is 4.23. The molecule has 0 amide bonds. The third kappa shape index (κ3) is 2.38. The van der Waals surface area contributed by atoms with Crippen LogP contribution >= 0.6 is 0 Å². The third-order valence-corrected chi connectivity index (χ3v) is 2.98. The number of hydrogen-bond donors (Lipinski definition) is 1. The molecule has 2 nitrogen and oxygen atoms in total. The Labute approximate surface area is 91.2 Å². The fraction of sp³-hybridized carbons (Fsp3) is 0.462. The van der Waals surface area contributed by atoms with Crippen molar-refractivity contribution in [3.05, 3.63) is 35.4 Å². The predicted molar refractivity (Wildman–Crippen MR) is 63.9 cm³/mol. The van der Waals surface area contributed by atoms with Gasteiger partial charge in [0.1, 0.15) is 0 Å². The van der Waals surface area contributed by atoms with Gasteiger partial charge in [-0.05, 0) is 37.8 Å². The van der Waals surface area contributed by atoms with Gasteiger partial charge in [0.05, 0.1) is 11.9 Å². The number of nitrogens with two attached hydrogens (primary N) is 1. The molecule has 2 rings (SSSR count). The molecule has 1 aromatic carbocycles. The van der Waals surface area contributed by atoms with Crippen LogP contribution in [-0.4, -0.2) is 5.84 Å². The molecule has 2 N–H and O–H groups in total. The molecule has 2 heteroatoms. The van der Waals surface area contributed by atoms with Gasteiger partial charge in [0.25, 0.3) is 0 Å². The number of rotatable bonds is 3. The van der Waals surface area contributed by atoms with Gasteiger partial charge in [0.15, 0.2) is 0 Å². The Morgan fingerprint density at radius 1 is 1.40 bits per heavy atom. The molecule has 15 heavy (non-hydrogen) atoms. The van der Waals surface area contributed by atoms with Crippen LogP contribution in [0.25, 0.3) is 0 Å². The molecule has 0 saturated heterocycles. The maximum absolute atomic E-state index is 5.92. The van der Waals surface area contributed by atoms with Gasteiger partial charge in [0.2, 0.25) is 0 Å². The van der Waals surface area contributed by atoms with Gasteiger partial charge < -0.3 is 5.73 Å². The van der Waals surface area contributed by atoms with Crippen molar-refractivity contribution in [2.75, 3.05) is 0 Å². The molecule has 0 aliphatic heterocycles. The summed E-state index contributed by atoms with van der Waals surface area (Å²) in [6.07, 6.45) is 2.44. The summed E-state index contributed by atoms with van der Waals surface area (Å²) < 4.78 is 0. The molecule has 0 aromatic heterocycles. The first-order valence-electron chi connectivity index (χ1n) is 5.57. The van der Waals surface area contributed by atoms with Crippen LogP contribution in [0.4, 0.5) is 0 Å². The Morgan fingerprint density at radius 3 is 2.67 bits per heavy atom. The van der Waals surface area contributed by atoms with Gasteiger partial charge in [-0.25, -0.2) is 0 Å². The molecule has 0 radical (unpaired) electrons. The summed E-state index contributed by atoms with van der Waals surface area (Å²) in [5, 5.41) is 0. The van der Waals surface area contributed by atoms with Crippen LogP contribution in [0.2, 0.25) is 0 Å². The summed E-state index contributed by atoms with van der Waals surface area (Å²) >= 11 is 0. The molecule has 1 aliphatic rings. The predicted octanol–water partition coefficient (Wildman–Crippen LogP) is 2.82. The molecule has 0 spiro atoms. The second kappa shape index (κ2) is 4.05. The molecule has 1 atom stereocenters. The Balaban J connectivity index is 2.16. The van der Waals surface area contributed by atoms with Gasteiger partial charge in [-0.1, -0.05) is 24.3 Å². The Kier molecular flexibility index (Phi) is 2.76. The van der Waals surface area contributed by atoms with E-state index in [1.807, 2.05) is 0 Å². The SMILES string of the molecule is Cc1ccccc1C(C)N=C(N)C1CC1. The van der Waals surface area contributed by atoms with Crippen LogP contribution in [0.15, 0.2) is 29.3 Å². The third-order valence-electron chi connectivity index (χ3n) is 2.98. The Morgan fingerprint density at radius 2 is 2.07 bits per heavy atom. The van der Waals surface area contributed by atoms with E-state index in [9.17, 15) is 0 Å². The van der Waals surface area contributed by atoms with Gasteiger partial charge in [-0.2, -0.15) is 0 Å². The molecule has 0 heterocycles. The lowest BCUT2D eigenvalue weighted by molar-refractivity contribution is 0.801. The summed E-state index contributed by atoms with van der Waals surface area (Å²) in [7, 11) is 0. The van der Waals surface area contributed by atoms with E-state index >= 15 is 0 Å². The molecular formula is C13H18N2. The Hall–Kier alpha value is -1.31. The van der Waals surface area contributed by atoms with E-state index in [-0.39, 0.29) is 6.04 Å². The van der Waals surface area contributed by atoms with E-state index in [2.05, 4.69) is 43.1 Å². The van der Waals surface area contributed by atoms with Crippen LogP contribution in [-0.2, 0) is 0 Å². The lowest BCUT2D eigenvalue weighted by atomic mass is 10.0. The first-order valence-corrected chi connectivity index (χ1v) is 5.57. The lowest BCUT2D eigenvalue weighted by Crippen LogP contribution is -2.15. The number of nitrogens with zero attached hydrogens (tertiary/aromatic N) is 1. The van der Waals surface area contributed by atoms with Gasteiger partial charge >= 0.3 is 0 Å². The zero-order chi connectivity index (χ0) is 10.8. The standard InChI is InChI=1S/C13H18N2/c1-9-5-3-4-6-12(9)10(2)15-13(14)11-7-8-11/h3-6,10-11H,7-8H2,1-2H3,(H2,14,15). The average molecular weight is 202 g/mol. The van der Waals surface area contributed by atoms with Gasteiger partial charge in [-0.3, -0.25) is 4.99 Å². The largest absolute Gasteiger partial charge is 0.387 e. The monoisotopic (exact) mass is 202 g/mol. The van der Waals surface area contributed by atoms with E-state index in [0.717, 1.165) is 5.84 Å². The van der Waals surface area contributed by atoms with Crippen molar-refractivity contribution in [2.45, 2.75) is 32.7 Å². The quantitative estimate of drug-likeness (QED) is 0.594. The fourth-order valence-corrected chi connectivity index (χ4v) is 1.83. The molecule has 80 valence electrons. The summed E-state index contributed by atoms with van der Waals surface area (Å²) in [6, 6.07) is 8.55. The summed E-state index contributed by atoms with van der Waals surface area (Å²) in [5.74, 6) is 1.40. The van der Waals surface area contributed by atoms with Crippen molar-refractivity contribution in [2.24, 2.45) is 16.6 Å². The second-order valence-corrected chi connectivity index (χ2v) is 4.36. The van der Waals surface area contributed by atoms with Crippen LogP contribution in [0.1, 0.15) is 36.9 Å². The maximum atomic E-state index is 5.92. The topological polar surface area (TPSA) is 38.4 Å². The highest BCUT2D eigenvalue weighted by Crippen LogP contribution is 2.30. The van der Waals surface area contributed by atoms with Crippen molar-refractivity contribution in [3.63, 3.8) is 0 Å². The zero-order valence-electron chi connectivity index (χ0n) is 9.40. The van der Waals surface area contributed by atoms with E-state index in [4.69, 9.17) is 5.73 Å². The van der Waals surface area contributed by atoms with Crippen molar-refractivity contribution < 1.29 is 0 Å². The first-order chi connectivity index (χ1) is 7.18. The van der Waals surface area contributed by atoms with Crippen molar-refractivity contribution in [1.29, 1.82) is 0 Å². The number of amidine groups is 1. The van der Waals surface area contributed by atoms with Crippen molar-refractivity contribution in [3.8, 4) is 0 Å². The smallest absolute Gasteiger partial charge is 0.0975 e. The normalized spacial score (nSPS) is 18.9. The minimum absolute atomic E-state index is 0.187. The van der Waals surface area contributed by atoms with Crippen LogP contribution < -0.4 is 5.73 Å². The lowest BCUT2D eigenvalue weighted by Gasteiger charge is -2.11. The van der Waals surface area contributed by atoms with Crippen molar-refractivity contribution >= 4 is 5.84 Å². The Bertz CT molecular complexity index is 378. The summed E-state index contributed by atoms with van der Waals surface area (Å²) in [4.78, 5) is 4.56. The fourth-order valence-electron chi connectivity index (χ4n) is 1.83. The van der Waals surface area contributed by atoms with Gasteiger partial charge in [-0.15, -0.1) is 0 Å². The number of benzene rings is 1. The summed E-state index contributed by atoms with van der Waals surface area (Å²) in [5.41, 5.74) is 8.49. The minimum atomic E-state index is 0.187. The van der Waals surface area contributed by atoms with E-state index in [1.54, 1.807) is 0 Å². The maximum Gasteiger partial charge on any atom is 0.0975 e. The molecule has 1 unspecified atom stereocenters. The molecule has 1 aliphatic carbocycles. The molecule has 0 bridgehead atoms. The van der Waals surface area contributed by atoms with Crippen LogP contribution in [0.5, 0.6) is 0 Å². The highest BCUT2D eigenvalue weighted by atomic mass is 14.9. The van der Waals surface area contributed by atoms with Crippen LogP contribution in [0.3, 0.4) is 0 Å². The number of aryl methyl sites for hydroxylation is 1. The molecule has 1 saturated carbocycles. The van der Waals surface area contributed by atoms with Gasteiger partial charge in [0, 0.05) is 5.92 Å². The van der Waals surface area contributed by atoms with E-state index < -0.39 is 0 Å². The highest BCUT2D eigenvalue weighted by molar-refractivity contribution is 5.85. The van der Waals surface area contributed by atoms with E-state index in [0.29, 0.717) is 5.92 Å². The first kappa shape index (κ1) is 10.2. The number of hydrogen-bond acceptors (Lipinski definition) is 1. The second-order valence-electron chi connectivity index (χ2n) is 4.36. The minimum Gasteiger partial charge on any atom is -0.387 e. The molecule has 1 aromatic rings. The average Bonchev–Trinajstić information content (AvgIpc) is 3.01. The molecular weight excluding hydrogens is 184 g/mol.